The van der Waals surface area contributed by atoms with Crippen LogP contribution in [0, 0.1) is 6.92 Å². The quantitative estimate of drug-likeness (QED) is 0.688. The van der Waals surface area contributed by atoms with Crippen molar-refractivity contribution in [1.29, 1.82) is 0 Å². The highest BCUT2D eigenvalue weighted by atomic mass is 16.5. The molecule has 1 rings (SSSR count). The largest absolute Gasteiger partial charge is 0.491 e. The maximum atomic E-state index is 11.1. The van der Waals surface area contributed by atoms with Crippen LogP contribution in [0.1, 0.15) is 36.7 Å². The summed E-state index contributed by atoms with van der Waals surface area (Å²) in [7, 11) is 0. The standard InChI is InChI=1S/C12H16O2/c1-8(2)14-12-7-11(10(4)13)6-5-9(12)3/h5-8H,1-4H3. The molecule has 0 bridgehead atoms. The molecule has 0 aromatic heterocycles. The van der Waals surface area contributed by atoms with E-state index in [0.717, 1.165) is 11.3 Å². The number of carbonyl (C=O) groups is 1. The van der Waals surface area contributed by atoms with E-state index in [0.29, 0.717) is 5.56 Å². The fourth-order valence-corrected chi connectivity index (χ4v) is 1.20. The number of Topliss-reactive ketones (excluding diaryl/α,β-unsaturated/α-hetero) is 1. The zero-order valence-electron chi connectivity index (χ0n) is 9.13. The van der Waals surface area contributed by atoms with E-state index in [1.807, 2.05) is 32.9 Å². The minimum Gasteiger partial charge on any atom is -0.491 e. The Morgan fingerprint density at radius 3 is 2.50 bits per heavy atom. The predicted octanol–water partition coefficient (Wildman–Crippen LogP) is 2.98. The minimum absolute atomic E-state index is 0.0682. The van der Waals surface area contributed by atoms with Crippen LogP contribution in [0.5, 0.6) is 5.75 Å². The van der Waals surface area contributed by atoms with Gasteiger partial charge in [0.05, 0.1) is 6.10 Å². The molecule has 0 radical (unpaired) electrons. The molecule has 0 fully saturated rings. The van der Waals surface area contributed by atoms with Gasteiger partial charge in [0.1, 0.15) is 5.75 Å². The molecule has 0 spiro atoms. The van der Waals surface area contributed by atoms with E-state index in [4.69, 9.17) is 4.74 Å². The molecule has 14 heavy (non-hydrogen) atoms. The smallest absolute Gasteiger partial charge is 0.159 e. The van der Waals surface area contributed by atoms with Gasteiger partial charge in [0.15, 0.2) is 5.78 Å². The van der Waals surface area contributed by atoms with Gasteiger partial charge in [-0.3, -0.25) is 4.79 Å². The summed E-state index contributed by atoms with van der Waals surface area (Å²) in [5, 5.41) is 0. The van der Waals surface area contributed by atoms with Gasteiger partial charge in [0.25, 0.3) is 0 Å². The summed E-state index contributed by atoms with van der Waals surface area (Å²) in [4.78, 5) is 11.1. The van der Waals surface area contributed by atoms with Crippen molar-refractivity contribution in [3.63, 3.8) is 0 Å². The molecule has 1 aromatic carbocycles. The second kappa shape index (κ2) is 4.27. The maximum Gasteiger partial charge on any atom is 0.159 e. The van der Waals surface area contributed by atoms with Gasteiger partial charge in [-0.1, -0.05) is 12.1 Å². The average molecular weight is 192 g/mol. The number of hydrogen-bond donors (Lipinski definition) is 0. The lowest BCUT2D eigenvalue weighted by Gasteiger charge is -2.12. The number of rotatable bonds is 3. The normalized spacial score (nSPS) is 10.4. The lowest BCUT2D eigenvalue weighted by Crippen LogP contribution is -2.07. The zero-order valence-corrected chi connectivity index (χ0v) is 9.13. The molecule has 0 saturated carbocycles. The van der Waals surface area contributed by atoms with E-state index in [-0.39, 0.29) is 11.9 Å². The second-order valence-electron chi connectivity index (χ2n) is 3.70. The second-order valence-corrected chi connectivity index (χ2v) is 3.70. The fraction of sp³-hybridized carbons (Fsp3) is 0.417. The molecule has 0 unspecified atom stereocenters. The topological polar surface area (TPSA) is 26.3 Å². The van der Waals surface area contributed by atoms with Crippen LogP contribution in [0.3, 0.4) is 0 Å². The third-order valence-electron chi connectivity index (χ3n) is 1.96. The van der Waals surface area contributed by atoms with Crippen LogP contribution >= 0.6 is 0 Å². The van der Waals surface area contributed by atoms with Crippen molar-refractivity contribution >= 4 is 5.78 Å². The van der Waals surface area contributed by atoms with Crippen molar-refractivity contribution in [3.8, 4) is 5.75 Å². The molecular formula is C12H16O2. The van der Waals surface area contributed by atoms with E-state index in [1.165, 1.54) is 0 Å². The van der Waals surface area contributed by atoms with E-state index >= 15 is 0 Å². The van der Waals surface area contributed by atoms with Crippen LogP contribution in [0.4, 0.5) is 0 Å². The first-order valence-electron chi connectivity index (χ1n) is 4.79. The number of hydrogen-bond acceptors (Lipinski definition) is 2. The Morgan fingerprint density at radius 2 is 2.00 bits per heavy atom. The van der Waals surface area contributed by atoms with E-state index in [2.05, 4.69) is 0 Å². The van der Waals surface area contributed by atoms with Gasteiger partial charge in [0.2, 0.25) is 0 Å². The van der Waals surface area contributed by atoms with Gasteiger partial charge in [-0.15, -0.1) is 0 Å². The van der Waals surface area contributed by atoms with E-state index in [9.17, 15) is 4.79 Å². The first-order chi connectivity index (χ1) is 6.50. The molecule has 0 aliphatic carbocycles. The van der Waals surface area contributed by atoms with Crippen LogP contribution in [0.15, 0.2) is 18.2 Å². The summed E-state index contributed by atoms with van der Waals surface area (Å²) in [5.41, 5.74) is 1.76. The Balaban J connectivity index is 3.02. The molecule has 76 valence electrons. The minimum atomic E-state index is 0.0682. The van der Waals surface area contributed by atoms with Gasteiger partial charge < -0.3 is 4.74 Å². The van der Waals surface area contributed by atoms with Crippen LogP contribution in [0.25, 0.3) is 0 Å². The third kappa shape index (κ3) is 2.59. The highest BCUT2D eigenvalue weighted by Crippen LogP contribution is 2.20. The molecule has 0 aliphatic heterocycles. The van der Waals surface area contributed by atoms with Gasteiger partial charge in [-0.25, -0.2) is 0 Å². The molecule has 0 N–H and O–H groups in total. The Morgan fingerprint density at radius 1 is 1.36 bits per heavy atom. The van der Waals surface area contributed by atoms with Crippen molar-refractivity contribution < 1.29 is 9.53 Å². The highest BCUT2D eigenvalue weighted by molar-refractivity contribution is 5.94. The molecule has 0 saturated heterocycles. The van der Waals surface area contributed by atoms with Gasteiger partial charge in [-0.2, -0.15) is 0 Å². The Kier molecular flexibility index (Phi) is 3.28. The van der Waals surface area contributed by atoms with Crippen LogP contribution in [-0.4, -0.2) is 11.9 Å². The summed E-state index contributed by atoms with van der Waals surface area (Å²) in [6.07, 6.45) is 0.135. The average Bonchev–Trinajstić information content (AvgIpc) is 2.07. The number of carbonyl (C=O) groups excluding carboxylic acids is 1. The predicted molar refractivity (Wildman–Crippen MR) is 56.9 cm³/mol. The van der Waals surface area contributed by atoms with Crippen molar-refractivity contribution in [2.75, 3.05) is 0 Å². The Labute approximate surface area is 84.9 Å². The number of benzene rings is 1. The molecule has 1 aromatic rings. The van der Waals surface area contributed by atoms with Crippen molar-refractivity contribution in [2.45, 2.75) is 33.8 Å². The lowest BCUT2D eigenvalue weighted by molar-refractivity contribution is 0.101. The lowest BCUT2D eigenvalue weighted by atomic mass is 10.1. The zero-order chi connectivity index (χ0) is 10.7. The van der Waals surface area contributed by atoms with Crippen molar-refractivity contribution in [1.82, 2.24) is 0 Å². The molecule has 0 aliphatic rings. The summed E-state index contributed by atoms with van der Waals surface area (Å²) >= 11 is 0. The SMILES string of the molecule is CC(=O)c1ccc(C)c(OC(C)C)c1. The highest BCUT2D eigenvalue weighted by Gasteiger charge is 2.05. The first kappa shape index (κ1) is 10.8. The summed E-state index contributed by atoms with van der Waals surface area (Å²) in [6, 6.07) is 5.54. The summed E-state index contributed by atoms with van der Waals surface area (Å²) in [6.45, 7) is 7.48. The first-order valence-corrected chi connectivity index (χ1v) is 4.79. The van der Waals surface area contributed by atoms with Gasteiger partial charge >= 0.3 is 0 Å². The Bertz CT molecular complexity index is 340. The van der Waals surface area contributed by atoms with Gasteiger partial charge in [0, 0.05) is 5.56 Å². The Hall–Kier alpha value is -1.31. The molecule has 2 heteroatoms. The van der Waals surface area contributed by atoms with Gasteiger partial charge in [-0.05, 0) is 39.3 Å². The van der Waals surface area contributed by atoms with E-state index in [1.54, 1.807) is 13.0 Å². The number of ether oxygens (including phenoxy) is 1. The summed E-state index contributed by atoms with van der Waals surface area (Å²) < 4.78 is 5.58. The molecule has 2 nitrogen and oxygen atoms in total. The monoisotopic (exact) mass is 192 g/mol. The summed E-state index contributed by atoms with van der Waals surface area (Å²) in [5.74, 6) is 0.867. The number of ketones is 1. The fourth-order valence-electron chi connectivity index (χ4n) is 1.20. The molecule has 0 amide bonds. The molecule has 0 heterocycles. The number of aryl methyl sites for hydroxylation is 1. The van der Waals surface area contributed by atoms with Crippen LogP contribution < -0.4 is 4.74 Å². The van der Waals surface area contributed by atoms with Crippen LogP contribution in [-0.2, 0) is 0 Å². The van der Waals surface area contributed by atoms with Crippen LogP contribution in [0.2, 0.25) is 0 Å². The maximum absolute atomic E-state index is 11.1. The third-order valence-corrected chi connectivity index (χ3v) is 1.96. The van der Waals surface area contributed by atoms with E-state index < -0.39 is 0 Å². The molecular weight excluding hydrogens is 176 g/mol. The van der Waals surface area contributed by atoms with Crippen molar-refractivity contribution in [2.24, 2.45) is 0 Å². The molecule has 0 atom stereocenters. The van der Waals surface area contributed by atoms with Crippen molar-refractivity contribution in [3.05, 3.63) is 29.3 Å².